The zero-order chi connectivity index (χ0) is 18.4. The van der Waals surface area contributed by atoms with Crippen LogP contribution in [0, 0.1) is 5.82 Å². The smallest absolute Gasteiger partial charge is 0.283 e. The van der Waals surface area contributed by atoms with Crippen molar-refractivity contribution >= 4 is 44.1 Å². The van der Waals surface area contributed by atoms with Gasteiger partial charge in [0.15, 0.2) is 0 Å². The summed E-state index contributed by atoms with van der Waals surface area (Å²) in [5, 5.41) is 13.6. The molecule has 0 atom stereocenters. The fraction of sp³-hybridized carbons (Fsp3) is 0.105. The van der Waals surface area contributed by atoms with E-state index in [1.807, 2.05) is 6.07 Å². The highest BCUT2D eigenvalue weighted by Gasteiger charge is 2.18. The summed E-state index contributed by atoms with van der Waals surface area (Å²) in [4.78, 5) is 12.4. The van der Waals surface area contributed by atoms with E-state index in [0.717, 1.165) is 4.09 Å². The molecular weight excluding hydrogens is 375 g/mol. The van der Waals surface area contributed by atoms with Crippen LogP contribution in [-0.2, 0) is 6.42 Å². The highest BCUT2D eigenvalue weighted by Crippen LogP contribution is 2.40. The van der Waals surface area contributed by atoms with Crippen molar-refractivity contribution < 1.29 is 9.50 Å². The quantitative estimate of drug-likeness (QED) is 0.551. The molecule has 4 nitrogen and oxygen atoms in total. The van der Waals surface area contributed by atoms with E-state index >= 15 is 0 Å². The Hall–Kier alpha value is -2.41. The molecule has 7 heteroatoms. The second kappa shape index (κ2) is 6.39. The first-order valence-corrected chi connectivity index (χ1v) is 9.17. The summed E-state index contributed by atoms with van der Waals surface area (Å²) in [5.41, 5.74) is 7.12. The molecule has 4 aromatic rings. The monoisotopic (exact) mass is 388 g/mol. The number of pyridine rings is 1. The van der Waals surface area contributed by atoms with Crippen LogP contribution >= 0.6 is 23.1 Å². The van der Waals surface area contributed by atoms with Crippen molar-refractivity contribution in [2.75, 3.05) is 6.54 Å². The molecule has 2 aromatic carbocycles. The molecular formula is C19H14ClFN2O2S. The van der Waals surface area contributed by atoms with E-state index in [-0.39, 0.29) is 17.1 Å². The van der Waals surface area contributed by atoms with Crippen LogP contribution in [0.1, 0.15) is 5.56 Å². The Kier molecular flexibility index (Phi) is 4.19. The zero-order valence-corrected chi connectivity index (χ0v) is 15.1. The van der Waals surface area contributed by atoms with Gasteiger partial charge in [0.2, 0.25) is 0 Å². The van der Waals surface area contributed by atoms with Crippen molar-refractivity contribution in [1.82, 2.24) is 4.09 Å². The Balaban J connectivity index is 2.12. The maximum atomic E-state index is 14.4. The molecule has 0 bridgehead atoms. The predicted molar refractivity (Wildman–Crippen MR) is 105 cm³/mol. The van der Waals surface area contributed by atoms with Crippen LogP contribution in [0.4, 0.5) is 4.39 Å². The van der Waals surface area contributed by atoms with Gasteiger partial charge in [-0.1, -0.05) is 12.1 Å². The van der Waals surface area contributed by atoms with E-state index in [9.17, 15) is 14.3 Å². The van der Waals surface area contributed by atoms with Crippen molar-refractivity contribution in [3.05, 3.63) is 63.5 Å². The van der Waals surface area contributed by atoms with Crippen LogP contribution < -0.4 is 11.3 Å². The molecule has 26 heavy (non-hydrogen) atoms. The van der Waals surface area contributed by atoms with Crippen LogP contribution in [0.3, 0.4) is 0 Å². The van der Waals surface area contributed by atoms with E-state index in [0.29, 0.717) is 50.6 Å². The molecule has 0 spiro atoms. The van der Waals surface area contributed by atoms with Gasteiger partial charge >= 0.3 is 0 Å². The Morgan fingerprint density at radius 2 is 2.04 bits per heavy atom. The molecule has 0 unspecified atom stereocenters. The number of benzene rings is 2. The van der Waals surface area contributed by atoms with Crippen molar-refractivity contribution in [2.24, 2.45) is 5.73 Å². The number of hydrogen-bond donors (Lipinski definition) is 2. The van der Waals surface area contributed by atoms with Crippen molar-refractivity contribution in [3.63, 3.8) is 0 Å². The number of rotatable bonds is 3. The molecule has 0 saturated heterocycles. The first-order valence-electron chi connectivity index (χ1n) is 7.96. The van der Waals surface area contributed by atoms with E-state index < -0.39 is 0 Å². The van der Waals surface area contributed by atoms with Crippen LogP contribution in [0.2, 0.25) is 0 Å². The summed E-state index contributed by atoms with van der Waals surface area (Å²) in [5.74, 6) is -0.392. The lowest BCUT2D eigenvalue weighted by Gasteiger charge is -2.13. The van der Waals surface area contributed by atoms with Gasteiger partial charge in [0.05, 0.1) is 5.52 Å². The van der Waals surface area contributed by atoms with E-state index in [1.54, 1.807) is 23.6 Å². The van der Waals surface area contributed by atoms with E-state index in [4.69, 9.17) is 17.5 Å². The molecule has 0 aliphatic rings. The molecule has 2 aromatic heterocycles. The largest absolute Gasteiger partial charge is 0.507 e. The highest BCUT2D eigenvalue weighted by molar-refractivity contribution is 7.17. The van der Waals surface area contributed by atoms with Crippen LogP contribution in [0.5, 0.6) is 5.75 Å². The Labute approximate surface area is 157 Å². The van der Waals surface area contributed by atoms with Crippen LogP contribution in [0.25, 0.3) is 32.1 Å². The minimum absolute atomic E-state index is 0.00806. The van der Waals surface area contributed by atoms with Gasteiger partial charge < -0.3 is 10.8 Å². The number of fused-ring (bicyclic) bond motifs is 3. The summed E-state index contributed by atoms with van der Waals surface area (Å²) >= 11 is 7.49. The summed E-state index contributed by atoms with van der Waals surface area (Å²) in [6.07, 6.45) is 0.434. The third-order valence-corrected chi connectivity index (χ3v) is 5.67. The predicted octanol–water partition coefficient (Wildman–Crippen LogP) is 4.23. The number of aromatic nitrogens is 1. The van der Waals surface area contributed by atoms with Gasteiger partial charge in [0.1, 0.15) is 16.3 Å². The molecule has 132 valence electrons. The Morgan fingerprint density at radius 1 is 1.23 bits per heavy atom. The zero-order valence-electron chi connectivity index (χ0n) is 13.5. The van der Waals surface area contributed by atoms with E-state index in [2.05, 4.69) is 0 Å². The molecule has 3 N–H and O–H groups in total. The first kappa shape index (κ1) is 17.0. The topological polar surface area (TPSA) is 68.2 Å². The fourth-order valence-corrected chi connectivity index (χ4v) is 4.35. The number of hydrogen-bond acceptors (Lipinski definition) is 4. The number of halogens is 2. The van der Waals surface area contributed by atoms with Crippen LogP contribution in [-0.4, -0.2) is 15.7 Å². The number of nitrogens with zero attached hydrogens (tertiary/aromatic N) is 1. The standard InChI is InChI=1S/C19H14ClFN2O2S/c20-23-14-3-4-15(24)16(11-2-1-10(5-7-22)13(21)9-11)17(14)12-6-8-26-18(12)19(23)25/h1-4,6,8-9,24H,5,7,22H2. The van der Waals surface area contributed by atoms with Gasteiger partial charge in [-0.15, -0.1) is 11.3 Å². The van der Waals surface area contributed by atoms with Gasteiger partial charge in [0.25, 0.3) is 5.56 Å². The van der Waals surface area contributed by atoms with Crippen molar-refractivity contribution in [3.8, 4) is 16.9 Å². The highest BCUT2D eigenvalue weighted by atomic mass is 35.5. The number of thiophene rings is 1. The van der Waals surface area contributed by atoms with E-state index in [1.165, 1.54) is 23.5 Å². The molecule has 4 rings (SSSR count). The molecule has 0 radical (unpaired) electrons. The maximum absolute atomic E-state index is 14.4. The molecule has 0 aliphatic carbocycles. The molecule has 0 amide bonds. The average Bonchev–Trinajstić information content (AvgIpc) is 3.11. The van der Waals surface area contributed by atoms with Crippen molar-refractivity contribution in [2.45, 2.75) is 6.42 Å². The lowest BCUT2D eigenvalue weighted by Crippen LogP contribution is -2.12. The first-order chi connectivity index (χ1) is 12.5. The average molecular weight is 389 g/mol. The lowest BCUT2D eigenvalue weighted by molar-refractivity contribution is 0.478. The Bertz CT molecular complexity index is 1220. The summed E-state index contributed by atoms with van der Waals surface area (Å²) in [7, 11) is 0. The molecule has 0 aliphatic heterocycles. The van der Waals surface area contributed by atoms with Gasteiger partial charge in [-0.3, -0.25) is 4.79 Å². The maximum Gasteiger partial charge on any atom is 0.283 e. The third-order valence-electron chi connectivity index (χ3n) is 4.44. The molecule has 0 fully saturated rings. The lowest BCUT2D eigenvalue weighted by atomic mass is 9.96. The fourth-order valence-electron chi connectivity index (χ4n) is 3.24. The molecule has 0 saturated carbocycles. The summed E-state index contributed by atoms with van der Waals surface area (Å²) in [6, 6.07) is 9.63. The van der Waals surface area contributed by atoms with Gasteiger partial charge in [-0.2, -0.15) is 0 Å². The normalized spacial score (nSPS) is 11.5. The number of nitrogens with two attached hydrogens (primary N) is 1. The second-order valence-corrected chi connectivity index (χ2v) is 7.20. The third kappa shape index (κ3) is 2.49. The van der Waals surface area contributed by atoms with Gasteiger partial charge in [-0.05, 0) is 53.7 Å². The van der Waals surface area contributed by atoms with Crippen LogP contribution in [0.15, 0.2) is 46.6 Å². The van der Waals surface area contributed by atoms with Crippen molar-refractivity contribution in [1.29, 1.82) is 0 Å². The second-order valence-electron chi connectivity index (χ2n) is 5.95. The molecule has 2 heterocycles. The minimum Gasteiger partial charge on any atom is -0.507 e. The van der Waals surface area contributed by atoms with Gasteiger partial charge in [-0.25, -0.2) is 8.48 Å². The van der Waals surface area contributed by atoms with Gasteiger partial charge in [0, 0.05) is 28.1 Å². The number of phenolic OH excluding ortho intramolecular Hbond substituents is 1. The summed E-state index contributed by atoms with van der Waals surface area (Å²) in [6.45, 7) is 0.351. The summed E-state index contributed by atoms with van der Waals surface area (Å²) < 4.78 is 16.0. The number of aromatic hydroxyl groups is 1. The minimum atomic E-state index is -0.384. The number of phenols is 1. The Morgan fingerprint density at radius 3 is 2.77 bits per heavy atom. The SMILES string of the molecule is NCCc1ccc(-c2c(O)ccc3c2c2ccsc2c(=O)n3Cl)cc1F.